The van der Waals surface area contributed by atoms with Crippen molar-refractivity contribution in [2.24, 2.45) is 28.0 Å². The van der Waals surface area contributed by atoms with Crippen LogP contribution >= 0.6 is 11.6 Å². The second-order valence-corrected chi connectivity index (χ2v) is 12.1. The third-order valence-corrected chi connectivity index (χ3v) is 8.74. The fourth-order valence-corrected chi connectivity index (χ4v) is 6.45. The first-order chi connectivity index (χ1) is 17.0. The molecule has 1 aliphatic heterocycles. The van der Waals surface area contributed by atoms with Crippen LogP contribution in [0, 0.1) is 17.3 Å². The van der Waals surface area contributed by atoms with Crippen molar-refractivity contribution in [1.82, 2.24) is 10.2 Å². The molecule has 0 radical (unpaired) electrons. The lowest BCUT2D eigenvalue weighted by Crippen LogP contribution is -2.56. The number of amides is 2. The van der Waals surface area contributed by atoms with Crippen LogP contribution in [0.15, 0.2) is 23.2 Å². The largest absolute Gasteiger partial charge is 0.385 e. The maximum absolute atomic E-state index is 13.5. The van der Waals surface area contributed by atoms with Gasteiger partial charge in [0.05, 0.1) is 18.0 Å². The molecule has 3 N–H and O–H groups in total. The molecule has 1 aromatic carbocycles. The van der Waals surface area contributed by atoms with E-state index in [4.69, 9.17) is 27.1 Å². The van der Waals surface area contributed by atoms with E-state index in [9.17, 15) is 9.59 Å². The number of hydrogen-bond acceptors (Lipinski definition) is 5. The summed E-state index contributed by atoms with van der Waals surface area (Å²) in [6, 6.07) is 5.71. The van der Waals surface area contributed by atoms with E-state index >= 15 is 0 Å². The van der Waals surface area contributed by atoms with Crippen LogP contribution in [0.5, 0.6) is 0 Å². The number of nitrogens with one attached hydrogen (secondary N) is 1. The first-order valence-electron chi connectivity index (χ1n) is 13.3. The highest BCUT2D eigenvalue weighted by Crippen LogP contribution is 2.47. The van der Waals surface area contributed by atoms with E-state index in [1.165, 1.54) is 5.56 Å². The molecule has 0 saturated heterocycles. The third kappa shape index (κ3) is 5.42. The molecule has 8 heteroatoms. The molecule has 36 heavy (non-hydrogen) atoms. The SMILES string of the molecule is CCC1(CC)CC(=O)N([C@H](CCOC)[C@H]2C[C@@H]2C(=O)N[C@H]2CC(C)(C)Cc3ccc(Cl)cc32)C(N)=N1. The molecule has 1 fully saturated rings. The maximum atomic E-state index is 13.5. The van der Waals surface area contributed by atoms with Gasteiger partial charge < -0.3 is 15.8 Å². The highest BCUT2D eigenvalue weighted by Gasteiger charge is 2.53. The fourth-order valence-electron chi connectivity index (χ4n) is 6.27. The van der Waals surface area contributed by atoms with Crippen LogP contribution in [-0.4, -0.2) is 48.0 Å². The summed E-state index contributed by atoms with van der Waals surface area (Å²) in [5.41, 5.74) is 8.41. The molecule has 0 unspecified atom stereocenters. The minimum absolute atomic E-state index is 0.00374. The Kier molecular flexibility index (Phi) is 7.73. The lowest BCUT2D eigenvalue weighted by Gasteiger charge is -2.40. The van der Waals surface area contributed by atoms with E-state index in [1.54, 1.807) is 12.0 Å². The molecular formula is C28H41ClN4O3. The Labute approximate surface area is 220 Å². The van der Waals surface area contributed by atoms with E-state index in [0.29, 0.717) is 24.5 Å². The van der Waals surface area contributed by atoms with Crippen molar-refractivity contribution in [2.75, 3.05) is 13.7 Å². The van der Waals surface area contributed by atoms with E-state index < -0.39 is 5.54 Å². The maximum Gasteiger partial charge on any atom is 0.231 e. The fraction of sp³-hybridized carbons (Fsp3) is 0.679. The molecule has 4 rings (SSSR count). The Balaban J connectivity index is 1.51. The van der Waals surface area contributed by atoms with Crippen molar-refractivity contribution in [3.63, 3.8) is 0 Å². The van der Waals surface area contributed by atoms with Crippen LogP contribution < -0.4 is 11.1 Å². The van der Waals surface area contributed by atoms with Gasteiger partial charge in [-0.15, -0.1) is 0 Å². The summed E-state index contributed by atoms with van der Waals surface area (Å²) in [6.07, 6.45) is 5.05. The van der Waals surface area contributed by atoms with Crippen molar-refractivity contribution >= 4 is 29.4 Å². The van der Waals surface area contributed by atoms with Crippen molar-refractivity contribution in [3.05, 3.63) is 34.3 Å². The van der Waals surface area contributed by atoms with Gasteiger partial charge in [-0.05, 0) is 73.1 Å². The van der Waals surface area contributed by atoms with Gasteiger partial charge in [0.25, 0.3) is 0 Å². The Morgan fingerprint density at radius 1 is 1.31 bits per heavy atom. The molecule has 2 amide bonds. The Morgan fingerprint density at radius 2 is 2.03 bits per heavy atom. The Hall–Kier alpha value is -2.12. The molecule has 2 aliphatic carbocycles. The number of rotatable bonds is 9. The molecular weight excluding hydrogens is 476 g/mol. The van der Waals surface area contributed by atoms with Crippen molar-refractivity contribution in [2.45, 2.75) is 90.3 Å². The zero-order valence-electron chi connectivity index (χ0n) is 22.3. The van der Waals surface area contributed by atoms with E-state index in [-0.39, 0.29) is 47.1 Å². The van der Waals surface area contributed by atoms with Crippen molar-refractivity contribution in [1.29, 1.82) is 0 Å². The van der Waals surface area contributed by atoms with Gasteiger partial charge in [0.2, 0.25) is 11.8 Å². The second-order valence-electron chi connectivity index (χ2n) is 11.6. The van der Waals surface area contributed by atoms with Crippen LogP contribution in [0.1, 0.15) is 83.4 Å². The van der Waals surface area contributed by atoms with E-state index in [0.717, 1.165) is 37.7 Å². The molecule has 1 heterocycles. The summed E-state index contributed by atoms with van der Waals surface area (Å²) >= 11 is 6.31. The summed E-state index contributed by atoms with van der Waals surface area (Å²) in [4.78, 5) is 33.2. The topological polar surface area (TPSA) is 97.0 Å². The predicted octanol–water partition coefficient (Wildman–Crippen LogP) is 4.62. The van der Waals surface area contributed by atoms with Crippen LogP contribution in [-0.2, 0) is 20.7 Å². The van der Waals surface area contributed by atoms with Gasteiger partial charge in [0.15, 0.2) is 5.96 Å². The number of ether oxygens (including phenoxy) is 1. The van der Waals surface area contributed by atoms with Crippen LogP contribution in [0.2, 0.25) is 5.02 Å². The van der Waals surface area contributed by atoms with E-state index in [1.807, 2.05) is 26.0 Å². The number of halogens is 1. The number of aliphatic imine (C=N–C) groups is 1. The Morgan fingerprint density at radius 3 is 2.67 bits per heavy atom. The van der Waals surface area contributed by atoms with Gasteiger partial charge in [-0.1, -0.05) is 45.4 Å². The number of guanidine groups is 1. The molecule has 1 aromatic rings. The minimum atomic E-state index is -0.424. The number of nitrogens with zero attached hydrogens (tertiary/aromatic N) is 2. The standard InChI is InChI=1S/C28H41ClN4O3/c1-6-28(7-2)16-24(34)33(26(30)32-28)23(10-11-36-5)20-13-21(20)25(35)31-22-15-27(3,4)14-17-8-9-18(29)12-19(17)22/h8-9,12,20-23H,6-7,10-11,13-16H2,1-5H3,(H2,30,32)(H,31,35)/t20-,21-,22-,23+/m0/s1. The lowest BCUT2D eigenvalue weighted by atomic mass is 9.72. The monoisotopic (exact) mass is 516 g/mol. The average Bonchev–Trinajstić information content (AvgIpc) is 3.61. The summed E-state index contributed by atoms with van der Waals surface area (Å²) in [7, 11) is 1.65. The summed E-state index contributed by atoms with van der Waals surface area (Å²) in [6.45, 7) is 9.06. The molecule has 0 spiro atoms. The third-order valence-electron chi connectivity index (χ3n) is 8.51. The number of carbonyl (C=O) groups is 2. The molecule has 1 saturated carbocycles. The van der Waals surface area contributed by atoms with Gasteiger partial charge >= 0.3 is 0 Å². The van der Waals surface area contributed by atoms with Crippen LogP contribution in [0.4, 0.5) is 0 Å². The van der Waals surface area contributed by atoms with Crippen LogP contribution in [0.25, 0.3) is 0 Å². The van der Waals surface area contributed by atoms with Gasteiger partial charge in [-0.25, -0.2) is 4.99 Å². The number of carbonyl (C=O) groups excluding carboxylic acids is 2. The predicted molar refractivity (Wildman–Crippen MR) is 143 cm³/mol. The van der Waals surface area contributed by atoms with Gasteiger partial charge in [-0.3, -0.25) is 14.5 Å². The smallest absolute Gasteiger partial charge is 0.231 e. The normalized spacial score (nSPS) is 27.2. The number of benzene rings is 1. The van der Waals surface area contributed by atoms with Gasteiger partial charge in [-0.2, -0.15) is 0 Å². The average molecular weight is 517 g/mol. The summed E-state index contributed by atoms with van der Waals surface area (Å²) < 4.78 is 5.35. The number of hydrogen-bond donors (Lipinski definition) is 2. The molecule has 0 aromatic heterocycles. The minimum Gasteiger partial charge on any atom is -0.385 e. The van der Waals surface area contributed by atoms with Crippen molar-refractivity contribution < 1.29 is 14.3 Å². The van der Waals surface area contributed by atoms with Crippen molar-refractivity contribution in [3.8, 4) is 0 Å². The number of fused-ring (bicyclic) bond motifs is 1. The number of methoxy groups -OCH3 is 1. The molecule has 7 nitrogen and oxygen atoms in total. The first kappa shape index (κ1) is 26.9. The van der Waals surface area contributed by atoms with E-state index in [2.05, 4.69) is 25.2 Å². The van der Waals surface area contributed by atoms with Gasteiger partial charge in [0, 0.05) is 30.7 Å². The molecule has 4 atom stereocenters. The lowest BCUT2D eigenvalue weighted by molar-refractivity contribution is -0.133. The molecule has 0 bridgehead atoms. The number of nitrogens with two attached hydrogens (primary N) is 1. The molecule has 3 aliphatic rings. The first-order valence-corrected chi connectivity index (χ1v) is 13.7. The van der Waals surface area contributed by atoms with Gasteiger partial charge in [0.1, 0.15) is 0 Å². The highest BCUT2D eigenvalue weighted by molar-refractivity contribution is 6.30. The summed E-state index contributed by atoms with van der Waals surface area (Å²) in [5.74, 6) is 0.177. The second kappa shape index (κ2) is 10.3. The Bertz CT molecular complexity index is 1040. The zero-order valence-corrected chi connectivity index (χ0v) is 23.0. The van der Waals surface area contributed by atoms with Crippen LogP contribution in [0.3, 0.4) is 0 Å². The highest BCUT2D eigenvalue weighted by atomic mass is 35.5. The summed E-state index contributed by atoms with van der Waals surface area (Å²) in [5, 5.41) is 4.01. The quantitative estimate of drug-likeness (QED) is 0.500. The molecule has 198 valence electrons. The zero-order chi connectivity index (χ0) is 26.3.